The molecule has 1 unspecified atom stereocenters. The molecule has 0 saturated heterocycles. The van der Waals surface area contributed by atoms with E-state index >= 15 is 0 Å². The lowest BCUT2D eigenvalue weighted by Gasteiger charge is -2.11. The minimum atomic E-state index is -0.327. The molecule has 128 valence electrons. The van der Waals surface area contributed by atoms with E-state index in [9.17, 15) is 9.59 Å². The predicted molar refractivity (Wildman–Crippen MR) is 96.0 cm³/mol. The number of carbonyl (C=O) groups is 2. The van der Waals surface area contributed by atoms with Crippen LogP contribution >= 0.6 is 15.9 Å². The summed E-state index contributed by atoms with van der Waals surface area (Å²) in [6.45, 7) is 2.58. The van der Waals surface area contributed by atoms with Gasteiger partial charge in [0.05, 0.1) is 6.42 Å². The summed E-state index contributed by atoms with van der Waals surface area (Å²) in [5, 5.41) is 8.66. The van der Waals surface area contributed by atoms with Crippen molar-refractivity contribution in [2.75, 3.05) is 18.9 Å². The van der Waals surface area contributed by atoms with E-state index in [0.717, 1.165) is 5.56 Å². The maximum atomic E-state index is 12.0. The minimum absolute atomic E-state index is 0.0330. The number of amides is 2. The lowest BCUT2D eigenvalue weighted by atomic mass is 10.1. The van der Waals surface area contributed by atoms with Gasteiger partial charge in [-0.15, -0.1) is 0 Å². The van der Waals surface area contributed by atoms with Crippen LogP contribution in [0.1, 0.15) is 23.0 Å². The maximum absolute atomic E-state index is 12.0. The third-order valence-corrected chi connectivity index (χ3v) is 3.90. The van der Waals surface area contributed by atoms with E-state index in [2.05, 4.69) is 31.9 Å². The number of furan rings is 1. The van der Waals surface area contributed by atoms with Crippen LogP contribution in [-0.4, -0.2) is 31.4 Å². The second-order valence-electron chi connectivity index (χ2n) is 5.43. The summed E-state index contributed by atoms with van der Waals surface area (Å²) < 4.78 is 5.70. The number of nitrogens with one attached hydrogen (secondary N) is 3. The molecular weight excluding hydrogens is 374 g/mol. The van der Waals surface area contributed by atoms with Crippen LogP contribution in [0.3, 0.4) is 0 Å². The predicted octanol–water partition coefficient (Wildman–Crippen LogP) is 2.56. The van der Waals surface area contributed by atoms with E-state index < -0.39 is 0 Å². The Bertz CT molecular complexity index is 697. The molecule has 3 N–H and O–H groups in total. The molecule has 1 heterocycles. The first-order chi connectivity index (χ1) is 11.5. The summed E-state index contributed by atoms with van der Waals surface area (Å²) in [6, 6.07) is 10.6. The SMILES string of the molecule is CNC(C)CNC(=O)Cc1ccc(NC(=O)c2ccc(Br)o2)cc1. The Morgan fingerprint density at radius 1 is 1.17 bits per heavy atom. The fraction of sp³-hybridized carbons (Fsp3) is 0.294. The Labute approximate surface area is 149 Å². The zero-order chi connectivity index (χ0) is 17.5. The van der Waals surface area contributed by atoms with Crippen molar-refractivity contribution in [3.05, 3.63) is 52.4 Å². The van der Waals surface area contributed by atoms with Crippen LogP contribution in [0.15, 0.2) is 45.5 Å². The van der Waals surface area contributed by atoms with E-state index in [1.807, 2.05) is 26.1 Å². The van der Waals surface area contributed by atoms with Gasteiger partial charge in [-0.3, -0.25) is 9.59 Å². The van der Waals surface area contributed by atoms with Crippen molar-refractivity contribution >= 4 is 33.4 Å². The standard InChI is InChI=1S/C17H20BrN3O3/c1-11(19-2)10-20-16(22)9-12-3-5-13(6-4-12)21-17(23)14-7-8-15(18)24-14/h3-8,11,19H,9-10H2,1-2H3,(H,20,22)(H,21,23). The molecule has 24 heavy (non-hydrogen) atoms. The number of hydrogen-bond donors (Lipinski definition) is 3. The number of rotatable bonds is 7. The van der Waals surface area contributed by atoms with Gasteiger partial charge >= 0.3 is 0 Å². The third kappa shape index (κ3) is 5.50. The number of hydrogen-bond acceptors (Lipinski definition) is 4. The summed E-state index contributed by atoms with van der Waals surface area (Å²) in [4.78, 5) is 23.8. The van der Waals surface area contributed by atoms with E-state index in [1.54, 1.807) is 24.3 Å². The highest BCUT2D eigenvalue weighted by molar-refractivity contribution is 9.10. The van der Waals surface area contributed by atoms with Crippen LogP contribution in [0.25, 0.3) is 0 Å². The van der Waals surface area contributed by atoms with Gasteiger partial charge in [0.1, 0.15) is 0 Å². The molecular formula is C17H20BrN3O3. The van der Waals surface area contributed by atoms with Crippen LogP contribution < -0.4 is 16.0 Å². The molecule has 0 aliphatic carbocycles. The van der Waals surface area contributed by atoms with Gasteiger partial charge in [0, 0.05) is 18.3 Å². The highest BCUT2D eigenvalue weighted by Gasteiger charge is 2.11. The second-order valence-corrected chi connectivity index (χ2v) is 6.21. The molecule has 2 amide bonds. The molecule has 2 aromatic rings. The van der Waals surface area contributed by atoms with Gasteiger partial charge in [0.25, 0.3) is 5.91 Å². The van der Waals surface area contributed by atoms with E-state index in [-0.39, 0.29) is 23.6 Å². The first-order valence-electron chi connectivity index (χ1n) is 7.57. The quantitative estimate of drug-likeness (QED) is 0.674. The van der Waals surface area contributed by atoms with Crippen molar-refractivity contribution in [3.63, 3.8) is 0 Å². The van der Waals surface area contributed by atoms with Crippen LogP contribution in [0, 0.1) is 0 Å². The molecule has 1 aromatic carbocycles. The molecule has 0 saturated carbocycles. The van der Waals surface area contributed by atoms with Crippen molar-refractivity contribution in [2.45, 2.75) is 19.4 Å². The highest BCUT2D eigenvalue weighted by atomic mass is 79.9. The molecule has 0 bridgehead atoms. The minimum Gasteiger partial charge on any atom is -0.444 e. The van der Waals surface area contributed by atoms with Crippen molar-refractivity contribution in [1.29, 1.82) is 0 Å². The lowest BCUT2D eigenvalue weighted by Crippen LogP contribution is -2.37. The lowest BCUT2D eigenvalue weighted by molar-refractivity contribution is -0.120. The van der Waals surface area contributed by atoms with Gasteiger partial charge in [0.2, 0.25) is 5.91 Å². The van der Waals surface area contributed by atoms with Crippen LogP contribution in [0.2, 0.25) is 0 Å². The summed E-state index contributed by atoms with van der Waals surface area (Å²) in [5.41, 5.74) is 1.52. The van der Waals surface area contributed by atoms with Crippen molar-refractivity contribution in [2.24, 2.45) is 0 Å². The van der Waals surface area contributed by atoms with E-state index in [1.165, 1.54) is 0 Å². The average Bonchev–Trinajstić information content (AvgIpc) is 3.01. The monoisotopic (exact) mass is 393 g/mol. The molecule has 0 aliphatic rings. The van der Waals surface area contributed by atoms with Gasteiger partial charge in [-0.05, 0) is 59.7 Å². The summed E-state index contributed by atoms with van der Waals surface area (Å²) in [7, 11) is 1.85. The average molecular weight is 394 g/mol. The Kier molecular flexibility index (Phi) is 6.57. The molecule has 2 rings (SSSR count). The van der Waals surface area contributed by atoms with Crippen molar-refractivity contribution < 1.29 is 14.0 Å². The molecule has 0 fully saturated rings. The number of likely N-dealkylation sites (N-methyl/N-ethyl adjacent to an activating group) is 1. The van der Waals surface area contributed by atoms with Gasteiger partial charge in [-0.2, -0.15) is 0 Å². The number of halogens is 1. The maximum Gasteiger partial charge on any atom is 0.291 e. The summed E-state index contributed by atoms with van der Waals surface area (Å²) in [6.07, 6.45) is 0.301. The van der Waals surface area contributed by atoms with Crippen molar-refractivity contribution in [3.8, 4) is 0 Å². The molecule has 1 atom stereocenters. The summed E-state index contributed by atoms with van der Waals surface area (Å²) >= 11 is 3.16. The Hall–Kier alpha value is -2.12. The Morgan fingerprint density at radius 2 is 1.88 bits per heavy atom. The molecule has 0 radical (unpaired) electrons. The van der Waals surface area contributed by atoms with Gasteiger partial charge in [-0.25, -0.2) is 0 Å². The second kappa shape index (κ2) is 8.65. The number of carbonyl (C=O) groups excluding carboxylic acids is 2. The van der Waals surface area contributed by atoms with E-state index in [4.69, 9.17) is 4.42 Å². The van der Waals surface area contributed by atoms with Crippen LogP contribution in [0.4, 0.5) is 5.69 Å². The fourth-order valence-corrected chi connectivity index (χ4v) is 2.26. The fourth-order valence-electron chi connectivity index (χ4n) is 1.95. The number of benzene rings is 1. The zero-order valence-corrected chi connectivity index (χ0v) is 15.1. The van der Waals surface area contributed by atoms with Gasteiger partial charge in [-0.1, -0.05) is 12.1 Å². The molecule has 1 aromatic heterocycles. The van der Waals surface area contributed by atoms with Crippen molar-refractivity contribution in [1.82, 2.24) is 10.6 Å². The van der Waals surface area contributed by atoms with Gasteiger partial charge < -0.3 is 20.4 Å². The normalized spacial score (nSPS) is 11.8. The third-order valence-electron chi connectivity index (χ3n) is 3.47. The molecule has 0 spiro atoms. The largest absolute Gasteiger partial charge is 0.444 e. The first-order valence-corrected chi connectivity index (χ1v) is 8.37. The Balaban J connectivity index is 1.86. The highest BCUT2D eigenvalue weighted by Crippen LogP contribution is 2.16. The van der Waals surface area contributed by atoms with E-state index in [0.29, 0.717) is 23.3 Å². The van der Waals surface area contributed by atoms with Gasteiger partial charge in [0.15, 0.2) is 10.4 Å². The van der Waals surface area contributed by atoms with Crippen LogP contribution in [-0.2, 0) is 11.2 Å². The zero-order valence-electron chi connectivity index (χ0n) is 13.6. The number of anilines is 1. The first kappa shape index (κ1) is 18.2. The molecule has 7 heteroatoms. The Morgan fingerprint density at radius 3 is 2.46 bits per heavy atom. The molecule has 6 nitrogen and oxygen atoms in total. The topological polar surface area (TPSA) is 83.4 Å². The van der Waals surface area contributed by atoms with Crippen LogP contribution in [0.5, 0.6) is 0 Å². The molecule has 0 aliphatic heterocycles. The summed E-state index contributed by atoms with van der Waals surface area (Å²) in [5.74, 6) is -0.134. The smallest absolute Gasteiger partial charge is 0.291 e.